The number of halogens is 1. The van der Waals surface area contributed by atoms with Crippen molar-refractivity contribution in [3.05, 3.63) is 35.9 Å². The Kier molecular flexibility index (Phi) is 4.71. The molecular weight excluding hydrogens is 259 g/mol. The average Bonchev–Trinajstić information content (AvgIpc) is 2.46. The number of hydrogen-bond acceptors (Lipinski definition) is 2. The molecule has 0 radical (unpaired) electrons. The number of nitrogens with one attached hydrogen (secondary N) is 1. The van der Waals surface area contributed by atoms with Crippen LogP contribution in [0.1, 0.15) is 18.9 Å². The van der Waals surface area contributed by atoms with E-state index in [2.05, 4.69) is 5.32 Å². The van der Waals surface area contributed by atoms with Gasteiger partial charge in [-0.3, -0.25) is 14.0 Å². The van der Waals surface area contributed by atoms with Crippen LogP contribution in [0.2, 0.25) is 0 Å². The standard InChI is InChI=1S/C15H19FN2O2/c1-11-14(19)17-13(10-12-6-3-2-4-7-12)15(20)18(11)9-5-8-16/h2-4,6-7,11,13H,5,8-10H2,1H3,(H,17,19). The van der Waals surface area contributed by atoms with Gasteiger partial charge in [-0.05, 0) is 18.9 Å². The van der Waals surface area contributed by atoms with Crippen molar-refractivity contribution in [3.63, 3.8) is 0 Å². The fraction of sp³-hybridized carbons (Fsp3) is 0.467. The highest BCUT2D eigenvalue weighted by molar-refractivity contribution is 5.96. The Bertz CT molecular complexity index is 478. The number of piperazine rings is 1. The fourth-order valence-corrected chi connectivity index (χ4v) is 2.41. The van der Waals surface area contributed by atoms with Gasteiger partial charge in [-0.15, -0.1) is 0 Å². The van der Waals surface area contributed by atoms with Crippen molar-refractivity contribution >= 4 is 11.8 Å². The van der Waals surface area contributed by atoms with Gasteiger partial charge in [0.25, 0.3) is 0 Å². The van der Waals surface area contributed by atoms with E-state index in [1.54, 1.807) is 6.92 Å². The molecular formula is C15H19FN2O2. The SMILES string of the molecule is CC1C(=O)NC(Cc2ccccc2)C(=O)N1CCCF. The predicted molar refractivity (Wildman–Crippen MR) is 73.8 cm³/mol. The first-order valence-corrected chi connectivity index (χ1v) is 6.84. The molecule has 2 rings (SSSR count). The second-order valence-corrected chi connectivity index (χ2v) is 5.00. The van der Waals surface area contributed by atoms with E-state index in [1.807, 2.05) is 30.3 Å². The lowest BCUT2D eigenvalue weighted by Gasteiger charge is -2.37. The van der Waals surface area contributed by atoms with Crippen molar-refractivity contribution in [2.45, 2.75) is 31.8 Å². The summed E-state index contributed by atoms with van der Waals surface area (Å²) in [6.45, 7) is 1.47. The molecule has 2 atom stereocenters. The number of benzene rings is 1. The van der Waals surface area contributed by atoms with E-state index in [-0.39, 0.29) is 24.8 Å². The maximum atomic E-state index is 12.4. The molecule has 108 valence electrons. The van der Waals surface area contributed by atoms with Crippen LogP contribution >= 0.6 is 0 Å². The van der Waals surface area contributed by atoms with Crippen molar-refractivity contribution in [3.8, 4) is 0 Å². The summed E-state index contributed by atoms with van der Waals surface area (Å²) in [7, 11) is 0. The Morgan fingerprint density at radius 2 is 1.95 bits per heavy atom. The van der Waals surface area contributed by atoms with Crippen LogP contribution < -0.4 is 5.32 Å². The number of alkyl halides is 1. The number of carbonyl (C=O) groups excluding carboxylic acids is 2. The third-order valence-corrected chi connectivity index (χ3v) is 3.56. The smallest absolute Gasteiger partial charge is 0.246 e. The minimum Gasteiger partial charge on any atom is -0.342 e. The van der Waals surface area contributed by atoms with Gasteiger partial charge in [-0.1, -0.05) is 30.3 Å². The number of nitrogens with zero attached hydrogens (tertiary/aromatic N) is 1. The molecule has 5 heteroatoms. The number of hydrogen-bond donors (Lipinski definition) is 1. The first-order chi connectivity index (χ1) is 9.63. The number of carbonyl (C=O) groups is 2. The zero-order valence-electron chi connectivity index (χ0n) is 11.5. The summed E-state index contributed by atoms with van der Waals surface area (Å²) in [5.74, 6) is -0.307. The van der Waals surface area contributed by atoms with Crippen LogP contribution in [-0.4, -0.2) is 42.0 Å². The molecule has 0 spiro atoms. The van der Waals surface area contributed by atoms with Crippen molar-refractivity contribution in [2.75, 3.05) is 13.2 Å². The summed E-state index contributed by atoms with van der Waals surface area (Å²) in [6.07, 6.45) is 0.728. The summed E-state index contributed by atoms with van der Waals surface area (Å²) in [5, 5.41) is 2.75. The first kappa shape index (κ1) is 14.5. The van der Waals surface area contributed by atoms with Gasteiger partial charge in [0.15, 0.2) is 0 Å². The van der Waals surface area contributed by atoms with Gasteiger partial charge in [0.2, 0.25) is 11.8 Å². The van der Waals surface area contributed by atoms with Gasteiger partial charge >= 0.3 is 0 Å². The highest BCUT2D eigenvalue weighted by Crippen LogP contribution is 2.14. The minimum absolute atomic E-state index is 0.130. The van der Waals surface area contributed by atoms with Gasteiger partial charge in [-0.25, -0.2) is 0 Å². The largest absolute Gasteiger partial charge is 0.342 e. The summed E-state index contributed by atoms with van der Waals surface area (Å²) in [5.41, 5.74) is 0.992. The Morgan fingerprint density at radius 3 is 2.60 bits per heavy atom. The molecule has 2 unspecified atom stereocenters. The fourth-order valence-electron chi connectivity index (χ4n) is 2.41. The van der Waals surface area contributed by atoms with Crippen LogP contribution in [0.3, 0.4) is 0 Å². The molecule has 1 aliphatic heterocycles. The molecule has 1 fully saturated rings. The number of amides is 2. The maximum absolute atomic E-state index is 12.4. The zero-order chi connectivity index (χ0) is 14.5. The van der Waals surface area contributed by atoms with Crippen LogP contribution in [0.15, 0.2) is 30.3 Å². The topological polar surface area (TPSA) is 49.4 Å². The molecule has 1 saturated heterocycles. The van der Waals surface area contributed by atoms with Gasteiger partial charge in [0.1, 0.15) is 12.1 Å². The predicted octanol–water partition coefficient (Wildman–Crippen LogP) is 1.30. The molecule has 1 aromatic carbocycles. The lowest BCUT2D eigenvalue weighted by molar-refractivity contribution is -0.148. The first-order valence-electron chi connectivity index (χ1n) is 6.84. The minimum atomic E-state index is -0.555. The Morgan fingerprint density at radius 1 is 1.25 bits per heavy atom. The Balaban J connectivity index is 2.09. The van der Waals surface area contributed by atoms with Crippen LogP contribution in [0.25, 0.3) is 0 Å². The lowest BCUT2D eigenvalue weighted by Crippen LogP contribution is -2.63. The van der Waals surface area contributed by atoms with Crippen LogP contribution in [-0.2, 0) is 16.0 Å². The van der Waals surface area contributed by atoms with Gasteiger partial charge in [0, 0.05) is 13.0 Å². The second-order valence-electron chi connectivity index (χ2n) is 5.00. The van der Waals surface area contributed by atoms with E-state index in [0.29, 0.717) is 6.42 Å². The summed E-state index contributed by atoms with van der Waals surface area (Å²) >= 11 is 0. The summed E-state index contributed by atoms with van der Waals surface area (Å²) in [4.78, 5) is 25.8. The van der Waals surface area contributed by atoms with E-state index in [4.69, 9.17) is 0 Å². The van der Waals surface area contributed by atoms with E-state index >= 15 is 0 Å². The van der Waals surface area contributed by atoms with E-state index in [1.165, 1.54) is 4.90 Å². The molecule has 1 N–H and O–H groups in total. The van der Waals surface area contributed by atoms with Crippen molar-refractivity contribution < 1.29 is 14.0 Å². The molecule has 1 aromatic rings. The monoisotopic (exact) mass is 278 g/mol. The molecule has 2 amide bonds. The zero-order valence-corrected chi connectivity index (χ0v) is 11.5. The highest BCUT2D eigenvalue weighted by Gasteiger charge is 2.37. The van der Waals surface area contributed by atoms with E-state index in [0.717, 1.165) is 5.56 Å². The van der Waals surface area contributed by atoms with E-state index < -0.39 is 18.8 Å². The Hall–Kier alpha value is -1.91. The summed E-state index contributed by atoms with van der Waals surface area (Å²) in [6, 6.07) is 8.46. The second kappa shape index (κ2) is 6.50. The van der Waals surface area contributed by atoms with Crippen LogP contribution in [0, 0.1) is 0 Å². The normalized spacial score (nSPS) is 22.8. The average molecular weight is 278 g/mol. The molecule has 0 aromatic heterocycles. The van der Waals surface area contributed by atoms with Crippen LogP contribution in [0.4, 0.5) is 4.39 Å². The highest BCUT2D eigenvalue weighted by atomic mass is 19.1. The molecule has 20 heavy (non-hydrogen) atoms. The number of rotatable bonds is 5. The van der Waals surface area contributed by atoms with E-state index in [9.17, 15) is 14.0 Å². The van der Waals surface area contributed by atoms with Crippen molar-refractivity contribution in [1.82, 2.24) is 10.2 Å². The quantitative estimate of drug-likeness (QED) is 0.882. The molecule has 0 bridgehead atoms. The maximum Gasteiger partial charge on any atom is 0.246 e. The molecule has 1 aliphatic rings. The molecule has 4 nitrogen and oxygen atoms in total. The lowest BCUT2D eigenvalue weighted by atomic mass is 10.0. The molecule has 1 heterocycles. The summed E-state index contributed by atoms with van der Waals surface area (Å²) < 4.78 is 12.3. The molecule has 0 saturated carbocycles. The third-order valence-electron chi connectivity index (χ3n) is 3.56. The van der Waals surface area contributed by atoms with Crippen molar-refractivity contribution in [1.29, 1.82) is 0 Å². The van der Waals surface area contributed by atoms with Crippen LogP contribution in [0.5, 0.6) is 0 Å². The van der Waals surface area contributed by atoms with Gasteiger partial charge in [0.05, 0.1) is 6.67 Å². The van der Waals surface area contributed by atoms with Gasteiger partial charge in [-0.2, -0.15) is 0 Å². The van der Waals surface area contributed by atoms with Crippen molar-refractivity contribution in [2.24, 2.45) is 0 Å². The van der Waals surface area contributed by atoms with Gasteiger partial charge < -0.3 is 10.2 Å². The molecule has 0 aliphatic carbocycles. The Labute approximate surface area is 118 Å². The third kappa shape index (κ3) is 3.15.